The molecule has 0 unspecified atom stereocenters. The number of benzene rings is 2. The van der Waals surface area contributed by atoms with Crippen molar-refractivity contribution in [3.05, 3.63) is 71.4 Å². The van der Waals surface area contributed by atoms with Gasteiger partial charge in [0.1, 0.15) is 5.75 Å². The molecule has 4 rings (SSSR count). The minimum absolute atomic E-state index is 0.0670. The van der Waals surface area contributed by atoms with Gasteiger partial charge in [-0.25, -0.2) is 0 Å². The van der Waals surface area contributed by atoms with Gasteiger partial charge in [-0.1, -0.05) is 24.3 Å². The van der Waals surface area contributed by atoms with Crippen molar-refractivity contribution >= 4 is 16.9 Å². The van der Waals surface area contributed by atoms with Crippen molar-refractivity contribution in [2.75, 3.05) is 26.7 Å². The Morgan fingerprint density at radius 1 is 1.23 bits per heavy atom. The minimum Gasteiger partial charge on any atom is -0.497 e. The number of fused-ring (bicyclic) bond motifs is 1. The molecule has 0 spiro atoms. The number of carboxylic acid groups (broad SMARTS) is 1. The van der Waals surface area contributed by atoms with E-state index < -0.39 is 18.0 Å². The zero-order valence-electron chi connectivity index (χ0n) is 20.7. The van der Waals surface area contributed by atoms with E-state index in [9.17, 15) is 15.0 Å². The van der Waals surface area contributed by atoms with E-state index in [1.165, 1.54) is 11.1 Å². The van der Waals surface area contributed by atoms with Crippen LogP contribution in [0.4, 0.5) is 0 Å². The number of rotatable bonds is 10. The summed E-state index contributed by atoms with van der Waals surface area (Å²) in [5.74, 6) is -0.340. The number of nitrogens with zero attached hydrogens (tertiary/aromatic N) is 2. The third-order valence-electron chi connectivity index (χ3n) is 7.49. The van der Waals surface area contributed by atoms with Crippen LogP contribution in [-0.4, -0.2) is 52.8 Å². The molecular weight excluding hydrogens is 440 g/mol. The third kappa shape index (κ3) is 6.19. The molecule has 1 aliphatic heterocycles. The number of aliphatic carboxylic acids is 1. The molecule has 0 aliphatic carbocycles. The van der Waals surface area contributed by atoms with Crippen molar-refractivity contribution < 1.29 is 19.7 Å². The Morgan fingerprint density at radius 3 is 2.83 bits per heavy atom. The lowest BCUT2D eigenvalue weighted by molar-refractivity contribution is -0.146. The Hall–Kier alpha value is -2.96. The zero-order valence-corrected chi connectivity index (χ0v) is 20.7. The minimum atomic E-state index is -0.729. The van der Waals surface area contributed by atoms with Gasteiger partial charge in [0, 0.05) is 18.1 Å². The molecule has 0 saturated carbocycles. The van der Waals surface area contributed by atoms with Crippen LogP contribution in [0.5, 0.6) is 5.75 Å². The summed E-state index contributed by atoms with van der Waals surface area (Å²) in [6.07, 6.45) is 5.14. The number of aliphatic hydroxyl groups excluding tert-OH is 1. The monoisotopic (exact) mass is 476 g/mol. The summed E-state index contributed by atoms with van der Waals surface area (Å²) >= 11 is 0. The van der Waals surface area contributed by atoms with E-state index in [0.29, 0.717) is 19.4 Å². The summed E-state index contributed by atoms with van der Waals surface area (Å²) < 4.78 is 5.34. The first-order chi connectivity index (χ1) is 17.0. The second kappa shape index (κ2) is 11.6. The number of hydrogen-bond acceptors (Lipinski definition) is 5. The molecule has 1 aliphatic rings. The van der Waals surface area contributed by atoms with Crippen LogP contribution in [0.15, 0.2) is 54.7 Å². The van der Waals surface area contributed by atoms with Crippen LogP contribution in [0.1, 0.15) is 48.5 Å². The molecule has 2 aromatic carbocycles. The van der Waals surface area contributed by atoms with Gasteiger partial charge in [-0.05, 0) is 99.0 Å². The van der Waals surface area contributed by atoms with Gasteiger partial charge < -0.3 is 19.8 Å². The Balaban J connectivity index is 1.34. The average Bonchev–Trinajstić information content (AvgIpc) is 2.88. The van der Waals surface area contributed by atoms with Gasteiger partial charge in [0.15, 0.2) is 0 Å². The molecule has 6 nitrogen and oxygen atoms in total. The molecule has 3 atom stereocenters. The molecule has 1 aromatic heterocycles. The van der Waals surface area contributed by atoms with Gasteiger partial charge in [-0.15, -0.1) is 0 Å². The van der Waals surface area contributed by atoms with Crippen molar-refractivity contribution in [3.8, 4) is 5.75 Å². The summed E-state index contributed by atoms with van der Waals surface area (Å²) in [6.45, 7) is 4.55. The van der Waals surface area contributed by atoms with E-state index in [1.807, 2.05) is 24.3 Å². The Bertz CT molecular complexity index is 1150. The first-order valence-corrected chi connectivity index (χ1v) is 12.6. The van der Waals surface area contributed by atoms with Gasteiger partial charge >= 0.3 is 5.97 Å². The van der Waals surface area contributed by atoms with Crippen LogP contribution in [0.2, 0.25) is 0 Å². The normalized spacial score (nSPS) is 19.5. The van der Waals surface area contributed by atoms with Gasteiger partial charge in [-0.2, -0.15) is 0 Å². The standard InChI is InChI=1S/C29H36N2O4/c1-20-6-3-4-7-21(20)8-5-16-31-17-14-22(26(19-31)29(33)34)9-12-28(32)24-13-15-30-27-11-10-23(35-2)18-25(24)27/h3-4,6-7,10-11,13,15,18,22,26,28,32H,5,8-9,12,14,16-17,19H2,1-2H3,(H,33,34)/t22-,26+,28-/m1/s1. The van der Waals surface area contributed by atoms with Crippen molar-refractivity contribution in [1.82, 2.24) is 9.88 Å². The van der Waals surface area contributed by atoms with Gasteiger partial charge in [0.2, 0.25) is 0 Å². The molecule has 186 valence electrons. The highest BCUT2D eigenvalue weighted by molar-refractivity contribution is 5.83. The molecule has 2 heterocycles. The van der Waals surface area contributed by atoms with Crippen LogP contribution < -0.4 is 4.74 Å². The smallest absolute Gasteiger partial charge is 0.308 e. The number of carbonyl (C=O) groups is 1. The Morgan fingerprint density at radius 2 is 2.06 bits per heavy atom. The van der Waals surface area contributed by atoms with E-state index in [4.69, 9.17) is 4.74 Å². The Kier molecular flexibility index (Phi) is 8.37. The van der Waals surface area contributed by atoms with Crippen molar-refractivity contribution in [1.29, 1.82) is 0 Å². The van der Waals surface area contributed by atoms with Crippen molar-refractivity contribution in [2.24, 2.45) is 11.8 Å². The number of aliphatic hydroxyl groups is 1. The van der Waals surface area contributed by atoms with Crippen LogP contribution in [0, 0.1) is 18.8 Å². The molecule has 2 N–H and O–H groups in total. The topological polar surface area (TPSA) is 82.9 Å². The summed E-state index contributed by atoms with van der Waals surface area (Å²) in [5, 5.41) is 21.8. The maximum atomic E-state index is 12.1. The number of pyridine rings is 1. The van der Waals surface area contributed by atoms with Crippen molar-refractivity contribution in [3.63, 3.8) is 0 Å². The Labute approximate surface area is 207 Å². The summed E-state index contributed by atoms with van der Waals surface area (Å²) in [7, 11) is 1.62. The summed E-state index contributed by atoms with van der Waals surface area (Å²) in [5.41, 5.74) is 4.31. The van der Waals surface area contributed by atoms with Crippen LogP contribution >= 0.6 is 0 Å². The zero-order chi connectivity index (χ0) is 24.8. The number of hydrogen-bond donors (Lipinski definition) is 2. The number of methoxy groups -OCH3 is 1. The quantitative estimate of drug-likeness (QED) is 0.428. The predicted octanol–water partition coefficient (Wildman–Crippen LogP) is 5.02. The molecular formula is C29H36N2O4. The largest absolute Gasteiger partial charge is 0.497 e. The second-order valence-electron chi connectivity index (χ2n) is 9.70. The van der Waals surface area contributed by atoms with E-state index in [2.05, 4.69) is 41.1 Å². The lowest BCUT2D eigenvalue weighted by Crippen LogP contribution is -2.44. The average molecular weight is 477 g/mol. The third-order valence-corrected chi connectivity index (χ3v) is 7.49. The lowest BCUT2D eigenvalue weighted by Gasteiger charge is -2.37. The fourth-order valence-electron chi connectivity index (χ4n) is 5.37. The highest BCUT2D eigenvalue weighted by Gasteiger charge is 2.34. The number of carboxylic acids is 1. The number of likely N-dealkylation sites (tertiary alicyclic amines) is 1. The fourth-order valence-corrected chi connectivity index (χ4v) is 5.37. The predicted molar refractivity (Wildman–Crippen MR) is 138 cm³/mol. The first kappa shape index (κ1) is 25.1. The summed E-state index contributed by atoms with van der Waals surface area (Å²) in [4.78, 5) is 18.8. The molecule has 0 bridgehead atoms. The van der Waals surface area contributed by atoms with E-state index >= 15 is 0 Å². The molecule has 0 radical (unpaired) electrons. The highest BCUT2D eigenvalue weighted by Crippen LogP contribution is 2.33. The van der Waals surface area contributed by atoms with Gasteiger partial charge in [-0.3, -0.25) is 9.78 Å². The second-order valence-corrected chi connectivity index (χ2v) is 9.70. The molecule has 35 heavy (non-hydrogen) atoms. The van der Waals surface area contributed by atoms with Crippen LogP contribution in [-0.2, 0) is 11.2 Å². The maximum Gasteiger partial charge on any atom is 0.308 e. The van der Waals surface area contributed by atoms with E-state index in [1.54, 1.807) is 13.3 Å². The highest BCUT2D eigenvalue weighted by atomic mass is 16.5. The molecule has 6 heteroatoms. The molecule has 1 fully saturated rings. The number of ether oxygens (including phenoxy) is 1. The van der Waals surface area contributed by atoms with E-state index in [-0.39, 0.29) is 5.92 Å². The molecule has 1 saturated heterocycles. The van der Waals surface area contributed by atoms with Gasteiger partial charge in [0.25, 0.3) is 0 Å². The lowest BCUT2D eigenvalue weighted by atomic mass is 9.81. The SMILES string of the molecule is COc1ccc2nccc([C@H](O)CC[C@@H]3CCN(CCCc4ccccc4C)C[C@@H]3C(=O)O)c2c1. The molecule has 3 aromatic rings. The maximum absolute atomic E-state index is 12.1. The first-order valence-electron chi connectivity index (χ1n) is 12.6. The number of aromatic nitrogens is 1. The summed E-state index contributed by atoms with van der Waals surface area (Å²) in [6, 6.07) is 15.9. The number of piperidine rings is 1. The van der Waals surface area contributed by atoms with Gasteiger partial charge in [0.05, 0.1) is 24.6 Å². The fraction of sp³-hybridized carbons (Fsp3) is 0.448. The van der Waals surface area contributed by atoms with Crippen LogP contribution in [0.3, 0.4) is 0 Å². The van der Waals surface area contributed by atoms with Crippen LogP contribution in [0.25, 0.3) is 10.9 Å². The van der Waals surface area contributed by atoms with E-state index in [0.717, 1.165) is 54.6 Å². The molecule has 0 amide bonds. The van der Waals surface area contributed by atoms with Crippen molar-refractivity contribution in [2.45, 2.75) is 45.1 Å². The number of aryl methyl sites for hydroxylation is 2.